The van der Waals surface area contributed by atoms with Crippen LogP contribution in [0.3, 0.4) is 0 Å². The van der Waals surface area contributed by atoms with E-state index in [0.717, 1.165) is 36.1 Å². The van der Waals surface area contributed by atoms with Gasteiger partial charge in [0.2, 0.25) is 0 Å². The fraction of sp³-hybridized carbons (Fsp3) is 0.684. The van der Waals surface area contributed by atoms with Crippen LogP contribution in [0.15, 0.2) is 12.1 Å². The fourth-order valence-corrected chi connectivity index (χ4v) is 3.45. The van der Waals surface area contributed by atoms with Gasteiger partial charge in [-0.15, -0.1) is 0 Å². The zero-order valence-electron chi connectivity index (χ0n) is 14.8. The number of aryl methyl sites for hydroxylation is 2. The zero-order valence-corrected chi connectivity index (χ0v) is 14.8. The van der Waals surface area contributed by atoms with Gasteiger partial charge in [0.25, 0.3) is 0 Å². The van der Waals surface area contributed by atoms with Crippen molar-refractivity contribution in [2.75, 3.05) is 6.54 Å². The van der Waals surface area contributed by atoms with Gasteiger partial charge in [-0.25, -0.2) is 4.39 Å². The maximum Gasteiger partial charge on any atom is 0.128 e. The molecule has 1 aromatic carbocycles. The minimum atomic E-state index is -0.0681. The van der Waals surface area contributed by atoms with Gasteiger partial charge in [0.05, 0.1) is 0 Å². The first-order chi connectivity index (χ1) is 9.64. The maximum absolute atomic E-state index is 14.4. The highest BCUT2D eigenvalue weighted by Gasteiger charge is 2.23. The van der Waals surface area contributed by atoms with Crippen molar-refractivity contribution in [2.45, 2.75) is 67.3 Å². The molecule has 0 heterocycles. The quantitative estimate of drug-likeness (QED) is 0.724. The third-order valence-corrected chi connectivity index (χ3v) is 3.88. The molecule has 1 N–H and O–H groups in total. The molecule has 0 aliphatic heterocycles. The molecule has 0 saturated heterocycles. The van der Waals surface area contributed by atoms with Crippen LogP contribution in [0.5, 0.6) is 0 Å². The summed E-state index contributed by atoms with van der Waals surface area (Å²) in [5, 5.41) is 3.48. The van der Waals surface area contributed by atoms with Gasteiger partial charge in [0.15, 0.2) is 0 Å². The van der Waals surface area contributed by atoms with Crippen LogP contribution >= 0.6 is 0 Å². The normalized spacial score (nSPS) is 15.0. The third kappa shape index (κ3) is 5.78. The minimum absolute atomic E-state index is 0.0681. The van der Waals surface area contributed by atoms with Crippen LogP contribution in [0.4, 0.5) is 4.39 Å². The fourth-order valence-electron chi connectivity index (χ4n) is 3.45. The zero-order chi connectivity index (χ0) is 16.2. The summed E-state index contributed by atoms with van der Waals surface area (Å²) in [6.45, 7) is 16.0. The lowest BCUT2D eigenvalue weighted by atomic mass is 9.81. The summed E-state index contributed by atoms with van der Waals surface area (Å²) >= 11 is 0. The maximum atomic E-state index is 14.4. The molecule has 1 nitrogen and oxygen atoms in total. The number of hydrogen-bond donors (Lipinski definition) is 1. The van der Waals surface area contributed by atoms with E-state index in [1.165, 1.54) is 0 Å². The number of halogens is 1. The van der Waals surface area contributed by atoms with Gasteiger partial charge in [0, 0.05) is 11.6 Å². The number of hydrogen-bond acceptors (Lipinski definition) is 1. The predicted octanol–water partition coefficient (Wildman–Crippen LogP) is 5.56. The van der Waals surface area contributed by atoms with E-state index in [4.69, 9.17) is 0 Å². The Hall–Kier alpha value is -0.890. The third-order valence-electron chi connectivity index (χ3n) is 3.88. The SMILES string of the molecule is CCNC(CC(C)CC(C)(C)C)c1c(C)cc(C)cc1F. The number of nitrogens with one attached hydrogen (secondary N) is 1. The molecular weight excluding hydrogens is 261 g/mol. The standard InChI is InChI=1S/C19H32FN/c1-8-21-17(11-14(3)12-19(5,6)7)18-15(4)9-13(2)10-16(18)20/h9-10,14,17,21H,8,11-12H2,1-7H3. The summed E-state index contributed by atoms with van der Waals surface area (Å²) in [5.74, 6) is 0.496. The smallest absolute Gasteiger partial charge is 0.128 e. The predicted molar refractivity (Wildman–Crippen MR) is 90.1 cm³/mol. The Morgan fingerprint density at radius 2 is 1.81 bits per heavy atom. The molecule has 0 radical (unpaired) electrons. The van der Waals surface area contributed by atoms with E-state index in [9.17, 15) is 4.39 Å². The lowest BCUT2D eigenvalue weighted by molar-refractivity contribution is 0.275. The highest BCUT2D eigenvalue weighted by atomic mass is 19.1. The number of rotatable bonds is 6. The van der Waals surface area contributed by atoms with E-state index in [1.807, 2.05) is 13.8 Å². The molecule has 2 unspecified atom stereocenters. The van der Waals surface area contributed by atoms with Crippen molar-refractivity contribution in [3.63, 3.8) is 0 Å². The van der Waals surface area contributed by atoms with Crippen LogP contribution < -0.4 is 5.32 Å². The molecule has 0 amide bonds. The van der Waals surface area contributed by atoms with Gasteiger partial charge in [-0.3, -0.25) is 0 Å². The van der Waals surface area contributed by atoms with E-state index < -0.39 is 0 Å². The summed E-state index contributed by atoms with van der Waals surface area (Å²) in [4.78, 5) is 0. The molecule has 0 aromatic heterocycles. The monoisotopic (exact) mass is 293 g/mol. The lowest BCUT2D eigenvalue weighted by Gasteiger charge is -2.28. The largest absolute Gasteiger partial charge is 0.310 e. The summed E-state index contributed by atoms with van der Waals surface area (Å²) in [6.07, 6.45) is 2.13. The van der Waals surface area contributed by atoms with Crippen molar-refractivity contribution >= 4 is 0 Å². The molecule has 1 rings (SSSR count). The summed E-state index contributed by atoms with van der Waals surface area (Å²) in [7, 11) is 0. The molecule has 0 aliphatic carbocycles. The van der Waals surface area contributed by atoms with Gasteiger partial charge in [-0.1, -0.05) is 40.7 Å². The first kappa shape index (κ1) is 18.2. The Balaban J connectivity index is 2.97. The Kier molecular flexibility index (Phi) is 6.40. The van der Waals surface area contributed by atoms with Crippen LogP contribution in [0.25, 0.3) is 0 Å². The van der Waals surface area contributed by atoms with E-state index in [0.29, 0.717) is 11.3 Å². The van der Waals surface area contributed by atoms with E-state index in [1.54, 1.807) is 6.07 Å². The van der Waals surface area contributed by atoms with Crippen LogP contribution in [0.1, 0.15) is 70.2 Å². The van der Waals surface area contributed by atoms with Crippen molar-refractivity contribution < 1.29 is 4.39 Å². The molecule has 21 heavy (non-hydrogen) atoms. The molecule has 1 aromatic rings. The molecule has 2 atom stereocenters. The molecule has 0 bridgehead atoms. The van der Waals surface area contributed by atoms with Crippen LogP contribution in [-0.2, 0) is 0 Å². The Bertz CT molecular complexity index is 436. The average Bonchev–Trinajstić information content (AvgIpc) is 2.24. The van der Waals surface area contributed by atoms with Crippen molar-refractivity contribution in [3.8, 4) is 0 Å². The number of benzene rings is 1. The van der Waals surface area contributed by atoms with Crippen molar-refractivity contribution in [3.05, 3.63) is 34.6 Å². The first-order valence-corrected chi connectivity index (χ1v) is 8.14. The average molecular weight is 293 g/mol. The summed E-state index contributed by atoms with van der Waals surface area (Å²) < 4.78 is 14.4. The first-order valence-electron chi connectivity index (χ1n) is 8.14. The van der Waals surface area contributed by atoms with E-state index in [-0.39, 0.29) is 11.9 Å². The van der Waals surface area contributed by atoms with Gasteiger partial charge in [-0.05, 0) is 61.8 Å². The second kappa shape index (κ2) is 7.40. The van der Waals surface area contributed by atoms with E-state index >= 15 is 0 Å². The van der Waals surface area contributed by atoms with Crippen LogP contribution in [0.2, 0.25) is 0 Å². The van der Waals surface area contributed by atoms with Gasteiger partial charge in [-0.2, -0.15) is 0 Å². The molecule has 0 fully saturated rings. The van der Waals surface area contributed by atoms with Gasteiger partial charge >= 0.3 is 0 Å². The second-order valence-corrected chi connectivity index (χ2v) is 7.69. The molecule has 0 spiro atoms. The van der Waals surface area contributed by atoms with Crippen LogP contribution in [-0.4, -0.2) is 6.54 Å². The topological polar surface area (TPSA) is 12.0 Å². The van der Waals surface area contributed by atoms with Gasteiger partial charge in [0.1, 0.15) is 5.82 Å². The highest BCUT2D eigenvalue weighted by Crippen LogP contribution is 2.32. The van der Waals surface area contributed by atoms with Gasteiger partial charge < -0.3 is 5.32 Å². The second-order valence-electron chi connectivity index (χ2n) is 7.69. The van der Waals surface area contributed by atoms with Crippen molar-refractivity contribution in [2.24, 2.45) is 11.3 Å². The molecule has 120 valence electrons. The summed E-state index contributed by atoms with van der Waals surface area (Å²) in [6, 6.07) is 3.84. The summed E-state index contributed by atoms with van der Waals surface area (Å²) in [5.41, 5.74) is 3.22. The molecular formula is C19H32FN. The Labute approximate surface area is 130 Å². The van der Waals surface area contributed by atoms with Crippen molar-refractivity contribution in [1.82, 2.24) is 5.32 Å². The lowest BCUT2D eigenvalue weighted by Crippen LogP contribution is -2.26. The van der Waals surface area contributed by atoms with E-state index in [2.05, 4.69) is 46.0 Å². The Morgan fingerprint density at radius 3 is 2.29 bits per heavy atom. The molecule has 0 aliphatic rings. The Morgan fingerprint density at radius 1 is 1.19 bits per heavy atom. The molecule has 2 heteroatoms. The van der Waals surface area contributed by atoms with Crippen LogP contribution in [0, 0.1) is 31.0 Å². The minimum Gasteiger partial charge on any atom is -0.310 e. The van der Waals surface area contributed by atoms with Crippen molar-refractivity contribution in [1.29, 1.82) is 0 Å². The molecule has 0 saturated carbocycles. The highest BCUT2D eigenvalue weighted by molar-refractivity contribution is 5.34.